The van der Waals surface area contributed by atoms with Crippen molar-refractivity contribution in [3.63, 3.8) is 0 Å². The summed E-state index contributed by atoms with van der Waals surface area (Å²) in [6.45, 7) is 0.875. The van der Waals surface area contributed by atoms with Crippen molar-refractivity contribution in [2.24, 2.45) is 0 Å². The van der Waals surface area contributed by atoms with Crippen LogP contribution in [0, 0.1) is 5.82 Å². The number of carbonyl (C=O) groups excluding carboxylic acids is 1. The second-order valence-electron chi connectivity index (χ2n) is 4.15. The maximum atomic E-state index is 13.1. The Balaban J connectivity index is 2.02. The molecule has 1 amide bonds. The van der Waals surface area contributed by atoms with Crippen molar-refractivity contribution in [1.29, 1.82) is 0 Å². The largest absolute Gasteiger partial charge is 0.378 e. The average molecular weight is 222 g/mol. The molecule has 1 atom stereocenters. The second kappa shape index (κ2) is 3.18. The van der Waals surface area contributed by atoms with Crippen LogP contribution in [-0.4, -0.2) is 24.7 Å². The van der Waals surface area contributed by atoms with Gasteiger partial charge in [-0.05, 0) is 18.2 Å². The number of benzene rings is 1. The van der Waals surface area contributed by atoms with Crippen LogP contribution in [0.25, 0.3) is 0 Å². The minimum atomic E-state index is -0.721. The molecule has 1 saturated heterocycles. The van der Waals surface area contributed by atoms with Gasteiger partial charge >= 0.3 is 0 Å². The van der Waals surface area contributed by atoms with Crippen LogP contribution in [0.2, 0.25) is 0 Å². The Labute approximate surface area is 91.8 Å². The molecule has 1 unspecified atom stereocenters. The molecule has 1 aromatic rings. The number of hydrogen-bond donors (Lipinski definition) is 2. The molecule has 84 valence electrons. The monoisotopic (exact) mass is 222 g/mol. The lowest BCUT2D eigenvalue weighted by Gasteiger charge is -2.34. The van der Waals surface area contributed by atoms with Gasteiger partial charge in [0.05, 0.1) is 18.0 Å². The van der Waals surface area contributed by atoms with Gasteiger partial charge in [-0.1, -0.05) is 0 Å². The first kappa shape index (κ1) is 9.59. The number of anilines is 2. The van der Waals surface area contributed by atoms with Gasteiger partial charge in [-0.3, -0.25) is 4.79 Å². The van der Waals surface area contributed by atoms with Crippen LogP contribution in [0.1, 0.15) is 6.42 Å². The maximum Gasteiger partial charge on any atom is 0.252 e. The van der Waals surface area contributed by atoms with E-state index in [0.29, 0.717) is 31.0 Å². The molecule has 4 nitrogen and oxygen atoms in total. The molecular formula is C11H11FN2O2. The van der Waals surface area contributed by atoms with Crippen molar-refractivity contribution in [2.75, 3.05) is 23.8 Å². The topological polar surface area (TPSA) is 50.4 Å². The summed E-state index contributed by atoms with van der Waals surface area (Å²) in [7, 11) is 0. The van der Waals surface area contributed by atoms with E-state index >= 15 is 0 Å². The van der Waals surface area contributed by atoms with Crippen LogP contribution < -0.4 is 10.6 Å². The van der Waals surface area contributed by atoms with Gasteiger partial charge < -0.3 is 15.4 Å². The Morgan fingerprint density at radius 3 is 3.00 bits per heavy atom. The number of hydrogen-bond acceptors (Lipinski definition) is 3. The Bertz CT molecular complexity index is 455. The lowest BCUT2D eigenvalue weighted by Crippen LogP contribution is -2.53. The van der Waals surface area contributed by atoms with Crippen LogP contribution >= 0.6 is 0 Å². The normalized spacial score (nSPS) is 27.4. The van der Waals surface area contributed by atoms with E-state index in [9.17, 15) is 9.18 Å². The van der Waals surface area contributed by atoms with Crippen LogP contribution in [0.5, 0.6) is 0 Å². The molecule has 0 aromatic heterocycles. The van der Waals surface area contributed by atoms with E-state index in [2.05, 4.69) is 10.6 Å². The van der Waals surface area contributed by atoms with E-state index in [1.54, 1.807) is 6.07 Å². The Hall–Kier alpha value is -1.62. The summed E-state index contributed by atoms with van der Waals surface area (Å²) >= 11 is 0. The number of rotatable bonds is 0. The molecule has 16 heavy (non-hydrogen) atoms. The fourth-order valence-corrected chi connectivity index (χ4v) is 2.13. The molecule has 0 radical (unpaired) electrons. The van der Waals surface area contributed by atoms with Gasteiger partial charge in [0.1, 0.15) is 11.4 Å². The standard InChI is InChI=1S/C11H11FN2O2/c12-7-1-2-8-9(5-7)14-11(10(15)13-8)3-4-16-6-11/h1-2,5,14H,3-4,6H2,(H,13,15). The van der Waals surface area contributed by atoms with Gasteiger partial charge in [0.2, 0.25) is 0 Å². The number of fused-ring (bicyclic) bond motifs is 1. The number of amides is 1. The molecule has 1 fully saturated rings. The molecule has 2 aliphatic heterocycles. The SMILES string of the molecule is O=C1Nc2ccc(F)cc2NC12CCOC2. The molecule has 1 spiro atoms. The number of nitrogens with one attached hydrogen (secondary N) is 2. The third kappa shape index (κ3) is 1.28. The Kier molecular flexibility index (Phi) is 1.91. The van der Waals surface area contributed by atoms with Crippen molar-refractivity contribution in [3.05, 3.63) is 24.0 Å². The average Bonchev–Trinajstić information content (AvgIpc) is 2.70. The van der Waals surface area contributed by atoms with E-state index in [0.717, 1.165) is 0 Å². The summed E-state index contributed by atoms with van der Waals surface area (Å²) in [5.41, 5.74) is 0.509. The predicted molar refractivity (Wildman–Crippen MR) is 56.8 cm³/mol. The molecule has 2 N–H and O–H groups in total. The fraction of sp³-hybridized carbons (Fsp3) is 0.364. The number of ether oxygens (including phenoxy) is 1. The maximum absolute atomic E-state index is 13.1. The van der Waals surface area contributed by atoms with E-state index in [1.807, 2.05) is 0 Å². The van der Waals surface area contributed by atoms with Crippen molar-refractivity contribution >= 4 is 17.3 Å². The molecule has 3 rings (SSSR count). The van der Waals surface area contributed by atoms with Crippen molar-refractivity contribution in [1.82, 2.24) is 0 Å². The van der Waals surface area contributed by atoms with Crippen molar-refractivity contribution in [3.8, 4) is 0 Å². The van der Waals surface area contributed by atoms with Gasteiger partial charge in [-0.25, -0.2) is 4.39 Å². The lowest BCUT2D eigenvalue weighted by molar-refractivity contribution is -0.120. The van der Waals surface area contributed by atoms with Gasteiger partial charge in [-0.2, -0.15) is 0 Å². The molecule has 1 aromatic carbocycles. The van der Waals surface area contributed by atoms with Crippen molar-refractivity contribution < 1.29 is 13.9 Å². The second-order valence-corrected chi connectivity index (χ2v) is 4.15. The van der Waals surface area contributed by atoms with Gasteiger partial charge in [0.25, 0.3) is 5.91 Å². The fourth-order valence-electron chi connectivity index (χ4n) is 2.13. The van der Waals surface area contributed by atoms with Crippen LogP contribution in [0.3, 0.4) is 0 Å². The van der Waals surface area contributed by atoms with E-state index in [4.69, 9.17) is 4.74 Å². The molecule has 5 heteroatoms. The highest BCUT2D eigenvalue weighted by Crippen LogP contribution is 2.35. The summed E-state index contributed by atoms with van der Waals surface area (Å²) in [5, 5.41) is 5.86. The minimum absolute atomic E-state index is 0.107. The van der Waals surface area contributed by atoms with Gasteiger partial charge in [0.15, 0.2) is 0 Å². The van der Waals surface area contributed by atoms with Crippen LogP contribution in [0.15, 0.2) is 18.2 Å². The van der Waals surface area contributed by atoms with Gasteiger partial charge in [-0.15, -0.1) is 0 Å². The van der Waals surface area contributed by atoms with E-state index in [-0.39, 0.29) is 11.7 Å². The first-order valence-corrected chi connectivity index (χ1v) is 5.17. The zero-order valence-electron chi connectivity index (χ0n) is 8.55. The molecule has 0 bridgehead atoms. The van der Waals surface area contributed by atoms with Crippen LogP contribution in [-0.2, 0) is 9.53 Å². The number of halogens is 1. The highest BCUT2D eigenvalue weighted by atomic mass is 19.1. The lowest BCUT2D eigenvalue weighted by atomic mass is 9.94. The Morgan fingerprint density at radius 2 is 2.25 bits per heavy atom. The number of carbonyl (C=O) groups is 1. The Morgan fingerprint density at radius 1 is 1.38 bits per heavy atom. The quantitative estimate of drug-likeness (QED) is 0.696. The first-order valence-electron chi connectivity index (χ1n) is 5.17. The summed E-state index contributed by atoms with van der Waals surface area (Å²) in [6.07, 6.45) is 0.606. The molecule has 0 aliphatic carbocycles. The van der Waals surface area contributed by atoms with Crippen molar-refractivity contribution in [2.45, 2.75) is 12.0 Å². The molecular weight excluding hydrogens is 211 g/mol. The molecule has 2 heterocycles. The summed E-state index contributed by atoms with van der Waals surface area (Å²) in [5.74, 6) is -0.430. The van der Waals surface area contributed by atoms with Crippen LogP contribution in [0.4, 0.5) is 15.8 Å². The molecule has 2 aliphatic rings. The summed E-state index contributed by atoms with van der Waals surface area (Å²) in [6, 6.07) is 4.26. The zero-order valence-corrected chi connectivity index (χ0v) is 8.55. The van der Waals surface area contributed by atoms with Gasteiger partial charge in [0, 0.05) is 13.0 Å². The third-order valence-corrected chi connectivity index (χ3v) is 3.06. The van der Waals surface area contributed by atoms with E-state index in [1.165, 1.54) is 12.1 Å². The minimum Gasteiger partial charge on any atom is -0.378 e. The third-order valence-electron chi connectivity index (χ3n) is 3.06. The highest BCUT2D eigenvalue weighted by molar-refractivity contribution is 6.06. The molecule has 0 saturated carbocycles. The predicted octanol–water partition coefficient (Wildman–Crippen LogP) is 1.35. The zero-order chi connectivity index (χ0) is 11.2. The van der Waals surface area contributed by atoms with E-state index < -0.39 is 5.54 Å². The first-order chi connectivity index (χ1) is 7.70. The summed E-state index contributed by atoms with van der Waals surface area (Å²) < 4.78 is 18.3. The smallest absolute Gasteiger partial charge is 0.252 e. The highest BCUT2D eigenvalue weighted by Gasteiger charge is 2.45. The summed E-state index contributed by atoms with van der Waals surface area (Å²) in [4.78, 5) is 11.9.